The van der Waals surface area contributed by atoms with Gasteiger partial charge in [0, 0.05) is 0 Å². The molecule has 0 N–H and O–H groups in total. The zero-order valence-corrected chi connectivity index (χ0v) is 8.59. The first-order chi connectivity index (χ1) is 5.65. The highest BCUT2D eigenvalue weighted by atomic mass is 35.5. The Morgan fingerprint density at radius 3 is 2.25 bits per heavy atom. The number of thiocarbonyl (C=S) groups is 1. The van der Waals surface area contributed by atoms with E-state index >= 15 is 0 Å². The lowest BCUT2D eigenvalue weighted by atomic mass is 10.2. The van der Waals surface area contributed by atoms with Gasteiger partial charge < -0.3 is 0 Å². The summed E-state index contributed by atoms with van der Waals surface area (Å²) < 4.78 is 0. The molecule has 1 rings (SSSR count). The fraction of sp³-hybridized carbons (Fsp3) is 0.125. The molecule has 1 nitrogen and oxygen atoms in total. The lowest BCUT2D eigenvalue weighted by molar-refractivity contribution is 1.44. The van der Waals surface area contributed by atoms with E-state index in [1.54, 1.807) is 12.1 Å². The molecule has 12 heavy (non-hydrogen) atoms. The lowest BCUT2D eigenvalue weighted by Gasteiger charge is -2.00. The molecule has 0 aliphatic heterocycles. The Bertz CT molecular complexity index is 333. The third-order valence-electron chi connectivity index (χ3n) is 1.32. The van der Waals surface area contributed by atoms with Crippen LogP contribution in [-0.4, -0.2) is 5.16 Å². The molecule has 0 radical (unpaired) electrons. The third-order valence-corrected chi connectivity index (χ3v) is 1.99. The van der Waals surface area contributed by atoms with Crippen molar-refractivity contribution in [3.05, 3.63) is 27.7 Å². The number of halogens is 2. The van der Waals surface area contributed by atoms with Crippen molar-refractivity contribution in [2.75, 3.05) is 0 Å². The third kappa shape index (κ3) is 2.05. The monoisotopic (exact) mass is 217 g/mol. The van der Waals surface area contributed by atoms with Crippen molar-refractivity contribution in [2.24, 2.45) is 4.99 Å². The van der Waals surface area contributed by atoms with Gasteiger partial charge >= 0.3 is 0 Å². The van der Waals surface area contributed by atoms with Crippen LogP contribution < -0.4 is 0 Å². The maximum Gasteiger partial charge on any atom is 0.111 e. The first-order valence-corrected chi connectivity index (χ1v) is 4.35. The molecule has 0 heterocycles. The Labute approximate surface area is 86.0 Å². The van der Waals surface area contributed by atoms with Gasteiger partial charge in [0.15, 0.2) is 0 Å². The molecule has 0 saturated heterocycles. The van der Waals surface area contributed by atoms with Crippen LogP contribution >= 0.6 is 35.4 Å². The normalized spacial score (nSPS) is 9.25. The number of nitrogens with zero attached hydrogens (tertiary/aromatic N) is 1. The number of rotatable bonds is 1. The summed E-state index contributed by atoms with van der Waals surface area (Å²) in [7, 11) is 0. The van der Waals surface area contributed by atoms with Crippen LogP contribution in [0, 0.1) is 6.92 Å². The highest BCUT2D eigenvalue weighted by Crippen LogP contribution is 2.33. The summed E-state index contributed by atoms with van der Waals surface area (Å²) in [6.07, 6.45) is 0. The van der Waals surface area contributed by atoms with Gasteiger partial charge in [-0.25, -0.2) is 0 Å². The highest BCUT2D eigenvalue weighted by molar-refractivity contribution is 7.78. The van der Waals surface area contributed by atoms with Crippen LogP contribution in [0.2, 0.25) is 10.0 Å². The van der Waals surface area contributed by atoms with Gasteiger partial charge in [-0.15, -0.1) is 0 Å². The van der Waals surface area contributed by atoms with E-state index in [1.807, 2.05) is 6.92 Å². The smallest absolute Gasteiger partial charge is 0.111 e. The predicted molar refractivity (Wildman–Crippen MR) is 55.9 cm³/mol. The minimum Gasteiger partial charge on any atom is -0.192 e. The van der Waals surface area contributed by atoms with Crippen LogP contribution in [0.4, 0.5) is 5.69 Å². The molecule has 0 amide bonds. The van der Waals surface area contributed by atoms with Gasteiger partial charge in [0.2, 0.25) is 0 Å². The van der Waals surface area contributed by atoms with Crippen molar-refractivity contribution in [3.63, 3.8) is 0 Å². The molecule has 4 heteroatoms. The van der Waals surface area contributed by atoms with Gasteiger partial charge in [0.1, 0.15) is 5.69 Å². The number of hydrogen-bond acceptors (Lipinski definition) is 2. The minimum absolute atomic E-state index is 0.485. The molecule has 1 aromatic carbocycles. The first kappa shape index (κ1) is 9.69. The van der Waals surface area contributed by atoms with E-state index < -0.39 is 0 Å². The van der Waals surface area contributed by atoms with Crippen molar-refractivity contribution in [3.8, 4) is 0 Å². The molecule has 0 unspecified atom stereocenters. The van der Waals surface area contributed by atoms with E-state index in [0.717, 1.165) is 5.56 Å². The van der Waals surface area contributed by atoms with Crippen molar-refractivity contribution in [1.82, 2.24) is 0 Å². The van der Waals surface area contributed by atoms with Crippen LogP contribution in [0.15, 0.2) is 17.1 Å². The second-order valence-corrected chi connectivity index (χ2v) is 3.28. The molecule has 0 bridgehead atoms. The van der Waals surface area contributed by atoms with Crippen LogP contribution in [0.5, 0.6) is 0 Å². The Morgan fingerprint density at radius 2 is 1.83 bits per heavy atom. The van der Waals surface area contributed by atoms with Gasteiger partial charge in [0.05, 0.1) is 15.2 Å². The summed E-state index contributed by atoms with van der Waals surface area (Å²) >= 11 is 16.2. The molecule has 0 saturated carbocycles. The molecule has 0 aliphatic rings. The van der Waals surface area contributed by atoms with Gasteiger partial charge in [-0.3, -0.25) is 0 Å². The lowest BCUT2D eigenvalue weighted by Crippen LogP contribution is -1.75. The van der Waals surface area contributed by atoms with Crippen molar-refractivity contribution in [1.29, 1.82) is 0 Å². The zero-order chi connectivity index (χ0) is 9.14. The van der Waals surface area contributed by atoms with Crippen molar-refractivity contribution >= 4 is 46.3 Å². The van der Waals surface area contributed by atoms with Crippen molar-refractivity contribution in [2.45, 2.75) is 6.92 Å². The fourth-order valence-electron chi connectivity index (χ4n) is 0.845. The second-order valence-electron chi connectivity index (χ2n) is 2.28. The van der Waals surface area contributed by atoms with Gasteiger partial charge in [-0.05, 0) is 36.8 Å². The van der Waals surface area contributed by atoms with E-state index in [4.69, 9.17) is 23.2 Å². The van der Waals surface area contributed by atoms with Gasteiger partial charge in [0.25, 0.3) is 0 Å². The maximum atomic E-state index is 5.85. The summed E-state index contributed by atoms with van der Waals surface area (Å²) in [4.78, 5) is 3.75. The molecular weight excluding hydrogens is 213 g/mol. The van der Waals surface area contributed by atoms with Crippen LogP contribution in [0.25, 0.3) is 0 Å². The zero-order valence-electron chi connectivity index (χ0n) is 6.27. The van der Waals surface area contributed by atoms with E-state index in [9.17, 15) is 0 Å². The van der Waals surface area contributed by atoms with Gasteiger partial charge in [-0.1, -0.05) is 23.2 Å². The van der Waals surface area contributed by atoms with E-state index in [1.165, 1.54) is 0 Å². The molecule has 0 atom stereocenters. The number of benzene rings is 1. The standard InChI is InChI=1S/C8H5Cl2NS/c1-5-2-6(9)8(11-4-12)7(10)3-5/h2-3H,1H3. The summed E-state index contributed by atoms with van der Waals surface area (Å²) in [5.74, 6) is 0. The average Bonchev–Trinajstić information content (AvgIpc) is 1.96. The quantitative estimate of drug-likeness (QED) is 0.511. The largest absolute Gasteiger partial charge is 0.192 e. The number of aliphatic imine (C=N–C) groups is 1. The molecular formula is C8H5Cl2NS. The summed E-state index contributed by atoms with van der Waals surface area (Å²) in [5, 5.41) is 3.22. The number of isothiocyanates is 1. The number of hydrogen-bond donors (Lipinski definition) is 0. The Hall–Kier alpha value is -0.400. The van der Waals surface area contributed by atoms with E-state index in [-0.39, 0.29) is 0 Å². The van der Waals surface area contributed by atoms with Crippen LogP contribution in [0.3, 0.4) is 0 Å². The minimum atomic E-state index is 0.485. The average molecular weight is 218 g/mol. The van der Waals surface area contributed by atoms with E-state index in [0.29, 0.717) is 15.7 Å². The fourth-order valence-corrected chi connectivity index (χ4v) is 1.62. The van der Waals surface area contributed by atoms with Gasteiger partial charge in [-0.2, -0.15) is 4.99 Å². The first-order valence-electron chi connectivity index (χ1n) is 3.18. The second kappa shape index (κ2) is 4.01. The van der Waals surface area contributed by atoms with E-state index in [2.05, 4.69) is 22.4 Å². The Kier molecular flexibility index (Phi) is 3.24. The predicted octanol–water partition coefficient (Wildman–Crippen LogP) is 4.04. The number of aryl methyl sites for hydroxylation is 1. The molecule has 0 aliphatic carbocycles. The molecule has 1 aromatic rings. The molecule has 62 valence electrons. The summed E-state index contributed by atoms with van der Waals surface area (Å²) in [6.45, 7) is 1.91. The Balaban J connectivity index is 3.37. The summed E-state index contributed by atoms with van der Waals surface area (Å²) in [6, 6.07) is 3.55. The topological polar surface area (TPSA) is 12.4 Å². The van der Waals surface area contributed by atoms with Crippen molar-refractivity contribution < 1.29 is 0 Å². The molecule has 0 fully saturated rings. The highest BCUT2D eigenvalue weighted by Gasteiger charge is 2.04. The molecule has 0 spiro atoms. The SMILES string of the molecule is Cc1cc(Cl)c(N=C=S)c(Cl)c1. The van der Waals surface area contributed by atoms with Crippen LogP contribution in [0.1, 0.15) is 5.56 Å². The Morgan fingerprint density at radius 1 is 1.33 bits per heavy atom. The molecule has 0 aromatic heterocycles. The summed E-state index contributed by atoms with van der Waals surface area (Å²) in [5.41, 5.74) is 1.48. The maximum absolute atomic E-state index is 5.85. The van der Waals surface area contributed by atoms with Crippen LogP contribution in [-0.2, 0) is 0 Å².